The molecule has 11 nitrogen and oxygen atoms in total. The van der Waals surface area contributed by atoms with Gasteiger partial charge < -0.3 is 39.4 Å². The maximum absolute atomic E-state index is 11.1. The number of esters is 3. The zero-order valence-corrected chi connectivity index (χ0v) is 12.6. The van der Waals surface area contributed by atoms with Crippen LogP contribution in [0.3, 0.4) is 0 Å². The van der Waals surface area contributed by atoms with E-state index in [0.29, 0.717) is 0 Å². The molecule has 0 bridgehead atoms. The molecular formula is C12H18O11. The van der Waals surface area contributed by atoms with E-state index in [1.165, 1.54) is 0 Å². The lowest BCUT2D eigenvalue weighted by atomic mass is 9.95. The lowest BCUT2D eigenvalue weighted by Gasteiger charge is -2.42. The number of aliphatic hydroxyl groups is 4. The lowest BCUT2D eigenvalue weighted by molar-refractivity contribution is -0.400. The summed E-state index contributed by atoms with van der Waals surface area (Å²) in [5.41, 5.74) is 0. The van der Waals surface area contributed by atoms with Gasteiger partial charge in [-0.1, -0.05) is 0 Å². The Kier molecular flexibility index (Phi) is 7.25. The predicted molar refractivity (Wildman–Crippen MR) is 67.9 cm³/mol. The van der Waals surface area contributed by atoms with Crippen molar-refractivity contribution in [1.29, 1.82) is 0 Å². The molecule has 23 heavy (non-hydrogen) atoms. The highest BCUT2D eigenvalue weighted by Gasteiger charge is 2.63. The van der Waals surface area contributed by atoms with Gasteiger partial charge in [0, 0.05) is 20.8 Å². The van der Waals surface area contributed by atoms with Crippen LogP contribution in [0.15, 0.2) is 0 Å². The quantitative estimate of drug-likeness (QED) is 0.157. The first-order valence-electron chi connectivity index (χ1n) is 6.20. The maximum Gasteiger partial charge on any atom is 0.310 e. The predicted octanol–water partition coefficient (Wildman–Crippen LogP) is -2.68. The molecular weight excluding hydrogens is 320 g/mol. The van der Waals surface area contributed by atoms with Crippen LogP contribution in [0.25, 0.3) is 0 Å². The number of aliphatic hydroxyl groups excluding tert-OH is 2. The first-order valence-corrected chi connectivity index (χ1v) is 6.20. The molecule has 0 rings (SSSR count). The smallest absolute Gasteiger partial charge is 0.310 e. The van der Waals surface area contributed by atoms with Gasteiger partial charge in [-0.3, -0.25) is 14.4 Å². The molecule has 11 heteroatoms. The Hall–Kier alpha value is -2.08. The Morgan fingerprint density at radius 3 is 1.83 bits per heavy atom. The molecule has 132 valence electrons. The number of carbonyl (C=O) groups excluding carboxylic acids is 4. The fraction of sp³-hybridized carbons (Fsp3) is 0.667. The maximum atomic E-state index is 11.1. The fourth-order valence-corrected chi connectivity index (χ4v) is 1.63. The highest BCUT2D eigenvalue weighted by molar-refractivity contribution is 5.69. The van der Waals surface area contributed by atoms with Crippen molar-refractivity contribution in [3.05, 3.63) is 0 Å². The molecule has 0 fully saturated rings. The summed E-state index contributed by atoms with van der Waals surface area (Å²) in [4.78, 5) is 43.6. The molecule has 0 radical (unpaired) electrons. The van der Waals surface area contributed by atoms with E-state index in [4.69, 9.17) is 0 Å². The first kappa shape index (κ1) is 20.9. The Balaban J connectivity index is 5.91. The molecule has 0 aliphatic rings. The molecule has 0 aliphatic carbocycles. The first-order chi connectivity index (χ1) is 10.4. The molecule has 0 aromatic carbocycles. The van der Waals surface area contributed by atoms with Crippen molar-refractivity contribution in [1.82, 2.24) is 0 Å². The van der Waals surface area contributed by atoms with Gasteiger partial charge in [0.1, 0.15) is 6.29 Å². The van der Waals surface area contributed by atoms with Gasteiger partial charge in [0.25, 0.3) is 5.79 Å². The molecule has 4 atom stereocenters. The third kappa shape index (κ3) is 5.25. The highest BCUT2D eigenvalue weighted by Crippen LogP contribution is 2.33. The Morgan fingerprint density at radius 2 is 1.48 bits per heavy atom. The van der Waals surface area contributed by atoms with Gasteiger partial charge in [-0.15, -0.1) is 0 Å². The summed E-state index contributed by atoms with van der Waals surface area (Å²) in [7, 11) is 0. The molecule has 0 saturated heterocycles. The minimum absolute atomic E-state index is 0.0116. The second kappa shape index (κ2) is 7.97. The molecule has 1 unspecified atom stereocenters. The van der Waals surface area contributed by atoms with Crippen LogP contribution in [0.1, 0.15) is 27.2 Å². The van der Waals surface area contributed by atoms with E-state index in [0.717, 1.165) is 20.8 Å². The molecule has 0 aromatic heterocycles. The number of ether oxygens (including phenoxy) is 3. The zero-order chi connectivity index (χ0) is 18.4. The van der Waals surface area contributed by atoms with E-state index in [9.17, 15) is 39.6 Å². The molecule has 0 heterocycles. The number of hydrogen-bond donors (Lipinski definition) is 4. The van der Waals surface area contributed by atoms with E-state index in [-0.39, 0.29) is 6.29 Å². The molecule has 0 amide bonds. The van der Waals surface area contributed by atoms with Gasteiger partial charge in [-0.2, -0.15) is 0 Å². The largest absolute Gasteiger partial charge is 0.433 e. The molecule has 0 aromatic rings. The monoisotopic (exact) mass is 338 g/mol. The van der Waals surface area contributed by atoms with Crippen molar-refractivity contribution in [3.8, 4) is 0 Å². The van der Waals surface area contributed by atoms with E-state index in [1.54, 1.807) is 0 Å². The van der Waals surface area contributed by atoms with Gasteiger partial charge in [-0.05, 0) is 0 Å². The Labute approximate surface area is 130 Å². The van der Waals surface area contributed by atoms with Crippen LogP contribution in [-0.4, -0.2) is 68.6 Å². The van der Waals surface area contributed by atoms with Crippen LogP contribution in [0, 0.1) is 0 Å². The van der Waals surface area contributed by atoms with E-state index in [2.05, 4.69) is 14.2 Å². The van der Waals surface area contributed by atoms with Crippen molar-refractivity contribution >= 4 is 24.2 Å². The second-order valence-corrected chi connectivity index (χ2v) is 4.48. The van der Waals surface area contributed by atoms with E-state index < -0.39 is 48.3 Å². The lowest BCUT2D eigenvalue weighted by Crippen LogP contribution is -2.68. The highest BCUT2D eigenvalue weighted by atomic mass is 16.8. The SMILES string of the molecule is CC(=O)OC(O)[C@@H](O)[C@](O)(OC(C)=O)[C@](O)(CC=O)OC(C)=O. The number of hydrogen-bond acceptors (Lipinski definition) is 11. The summed E-state index contributed by atoms with van der Waals surface area (Å²) in [5, 5.41) is 39.9. The summed E-state index contributed by atoms with van der Waals surface area (Å²) in [6, 6.07) is 0. The summed E-state index contributed by atoms with van der Waals surface area (Å²) >= 11 is 0. The summed E-state index contributed by atoms with van der Waals surface area (Å²) < 4.78 is 12.9. The van der Waals surface area contributed by atoms with Crippen molar-refractivity contribution in [2.24, 2.45) is 0 Å². The summed E-state index contributed by atoms with van der Waals surface area (Å²) in [6.07, 6.45) is -6.31. The molecule has 0 saturated carbocycles. The third-order valence-corrected chi connectivity index (χ3v) is 2.49. The van der Waals surface area contributed by atoms with Crippen LogP contribution >= 0.6 is 0 Å². The minimum atomic E-state index is -3.51. The van der Waals surface area contributed by atoms with Crippen LogP contribution < -0.4 is 0 Å². The average molecular weight is 338 g/mol. The summed E-state index contributed by atoms with van der Waals surface area (Å²) in [5.74, 6) is -10.4. The molecule has 0 spiro atoms. The van der Waals surface area contributed by atoms with Gasteiger partial charge in [0.05, 0.1) is 6.42 Å². The zero-order valence-electron chi connectivity index (χ0n) is 12.6. The summed E-state index contributed by atoms with van der Waals surface area (Å²) in [6.45, 7) is 2.40. The Bertz CT molecular complexity index is 476. The van der Waals surface area contributed by atoms with Crippen molar-refractivity contribution in [3.63, 3.8) is 0 Å². The van der Waals surface area contributed by atoms with Crippen molar-refractivity contribution < 1.29 is 53.8 Å². The molecule has 0 aliphatic heterocycles. The van der Waals surface area contributed by atoms with Gasteiger partial charge in [-0.25, -0.2) is 0 Å². The van der Waals surface area contributed by atoms with Gasteiger partial charge >= 0.3 is 23.7 Å². The second-order valence-electron chi connectivity index (χ2n) is 4.48. The van der Waals surface area contributed by atoms with Gasteiger partial charge in [0.2, 0.25) is 6.29 Å². The van der Waals surface area contributed by atoms with E-state index >= 15 is 0 Å². The standard InChI is InChI=1S/C12H18O11/c1-6(14)21-10(18)9(17)12(20,23-8(3)16)11(19,4-5-13)22-7(2)15/h5,9-10,17-20H,4H2,1-3H3/t9-,10?,11+,12+/m1/s1. The van der Waals surface area contributed by atoms with Crippen molar-refractivity contribution in [2.45, 2.75) is 51.2 Å². The minimum Gasteiger partial charge on any atom is -0.433 e. The topological polar surface area (TPSA) is 177 Å². The van der Waals surface area contributed by atoms with Crippen LogP contribution in [-0.2, 0) is 33.4 Å². The fourth-order valence-electron chi connectivity index (χ4n) is 1.63. The van der Waals surface area contributed by atoms with Crippen LogP contribution in [0.5, 0.6) is 0 Å². The number of aldehydes is 1. The number of carbonyl (C=O) groups is 4. The van der Waals surface area contributed by atoms with Crippen LogP contribution in [0.2, 0.25) is 0 Å². The van der Waals surface area contributed by atoms with E-state index in [1.807, 2.05) is 0 Å². The average Bonchev–Trinajstić information content (AvgIpc) is 2.35. The third-order valence-electron chi connectivity index (χ3n) is 2.49. The van der Waals surface area contributed by atoms with Crippen molar-refractivity contribution in [2.75, 3.05) is 0 Å². The van der Waals surface area contributed by atoms with Crippen LogP contribution in [0.4, 0.5) is 0 Å². The number of rotatable bonds is 8. The Morgan fingerprint density at radius 1 is 1.00 bits per heavy atom. The normalized spacial score (nSPS) is 18.6. The molecule has 4 N–H and O–H groups in total. The van der Waals surface area contributed by atoms with Gasteiger partial charge in [0.15, 0.2) is 6.10 Å².